The van der Waals surface area contributed by atoms with E-state index in [9.17, 15) is 9.59 Å². The Bertz CT molecular complexity index is 809. The molecule has 0 spiro atoms. The predicted molar refractivity (Wildman–Crippen MR) is 91.9 cm³/mol. The number of nitrogens with two attached hydrogens (primary N) is 1. The molecule has 0 aliphatic heterocycles. The van der Waals surface area contributed by atoms with Crippen molar-refractivity contribution in [3.8, 4) is 11.4 Å². The Labute approximate surface area is 149 Å². The number of ether oxygens (including phenoxy) is 1. The van der Waals surface area contributed by atoms with Crippen molar-refractivity contribution in [1.82, 2.24) is 19.7 Å². The van der Waals surface area contributed by atoms with Gasteiger partial charge >= 0.3 is 6.09 Å². The molecule has 8 nitrogen and oxygen atoms in total. The van der Waals surface area contributed by atoms with Crippen LogP contribution in [0.15, 0.2) is 29.7 Å². The maximum absolute atomic E-state index is 12.7. The van der Waals surface area contributed by atoms with Crippen molar-refractivity contribution in [1.29, 1.82) is 0 Å². The summed E-state index contributed by atoms with van der Waals surface area (Å²) in [7, 11) is 0. The molecule has 132 valence electrons. The van der Waals surface area contributed by atoms with Crippen LogP contribution in [-0.2, 0) is 9.53 Å². The molecule has 1 aliphatic carbocycles. The summed E-state index contributed by atoms with van der Waals surface area (Å²) in [6, 6.07) is 3.45. The van der Waals surface area contributed by atoms with Crippen molar-refractivity contribution < 1.29 is 14.3 Å². The van der Waals surface area contributed by atoms with E-state index < -0.39 is 22.3 Å². The van der Waals surface area contributed by atoms with E-state index in [-0.39, 0.29) is 5.16 Å². The van der Waals surface area contributed by atoms with Crippen LogP contribution in [0.5, 0.6) is 0 Å². The molecule has 1 fully saturated rings. The second-order valence-electron chi connectivity index (χ2n) is 6.82. The summed E-state index contributed by atoms with van der Waals surface area (Å²) in [4.78, 5) is 28.4. The van der Waals surface area contributed by atoms with Crippen molar-refractivity contribution in [3.05, 3.63) is 24.5 Å². The van der Waals surface area contributed by atoms with E-state index in [1.165, 1.54) is 4.57 Å². The van der Waals surface area contributed by atoms with Gasteiger partial charge in [0.2, 0.25) is 11.1 Å². The summed E-state index contributed by atoms with van der Waals surface area (Å²) >= 11 is 1.16. The molecular weight excluding hydrogens is 342 g/mol. The first-order valence-corrected chi connectivity index (χ1v) is 8.62. The molecule has 0 unspecified atom stereocenters. The quantitative estimate of drug-likeness (QED) is 0.888. The molecule has 0 aromatic carbocycles. The fourth-order valence-electron chi connectivity index (χ4n) is 2.18. The highest BCUT2D eigenvalue weighted by Crippen LogP contribution is 2.51. The Morgan fingerprint density at radius 3 is 2.40 bits per heavy atom. The molecule has 0 atom stereocenters. The zero-order valence-electron chi connectivity index (χ0n) is 14.2. The van der Waals surface area contributed by atoms with Gasteiger partial charge in [-0.15, -0.1) is 10.2 Å². The Morgan fingerprint density at radius 2 is 1.88 bits per heavy atom. The molecule has 1 saturated carbocycles. The van der Waals surface area contributed by atoms with Gasteiger partial charge in [-0.25, -0.2) is 9.36 Å². The van der Waals surface area contributed by atoms with Gasteiger partial charge in [-0.1, -0.05) is 11.8 Å². The van der Waals surface area contributed by atoms with Crippen molar-refractivity contribution in [2.24, 2.45) is 5.73 Å². The van der Waals surface area contributed by atoms with Crippen LogP contribution < -0.4 is 5.73 Å². The number of nitrogens with zero attached hydrogens (tertiary/aromatic N) is 4. The number of carbonyl (C=O) groups excluding carboxylic acids is 2. The lowest BCUT2D eigenvalue weighted by Crippen LogP contribution is -2.30. The van der Waals surface area contributed by atoms with Gasteiger partial charge in [0, 0.05) is 18.0 Å². The highest BCUT2D eigenvalue weighted by Gasteiger charge is 2.51. The molecule has 25 heavy (non-hydrogen) atoms. The molecular formula is C16H19N5O3S. The molecule has 0 radical (unpaired) electrons. The third kappa shape index (κ3) is 3.65. The number of hydrogen-bond donors (Lipinski definition) is 1. The molecule has 0 bridgehead atoms. The Kier molecular flexibility index (Phi) is 4.28. The number of amides is 1. The number of rotatable bonds is 4. The second-order valence-corrected chi connectivity index (χ2v) is 8.17. The largest absolute Gasteiger partial charge is 0.443 e. The molecule has 1 amide bonds. The number of aromatic nitrogens is 4. The van der Waals surface area contributed by atoms with Gasteiger partial charge in [-0.2, -0.15) is 0 Å². The average molecular weight is 361 g/mol. The number of primary amides is 1. The van der Waals surface area contributed by atoms with Gasteiger partial charge < -0.3 is 10.5 Å². The van der Waals surface area contributed by atoms with E-state index in [1.807, 2.05) is 0 Å². The lowest BCUT2D eigenvalue weighted by Gasteiger charge is -2.21. The summed E-state index contributed by atoms with van der Waals surface area (Å²) in [5.41, 5.74) is 5.47. The second kappa shape index (κ2) is 6.14. The Hall–Kier alpha value is -2.42. The first-order valence-electron chi connectivity index (χ1n) is 7.80. The van der Waals surface area contributed by atoms with Gasteiger partial charge in [0.1, 0.15) is 10.3 Å². The zero-order chi connectivity index (χ0) is 18.2. The normalized spacial score (nSPS) is 15.6. The maximum atomic E-state index is 12.7. The van der Waals surface area contributed by atoms with Gasteiger partial charge in [0.05, 0.1) is 0 Å². The lowest BCUT2D eigenvalue weighted by atomic mass is 10.2. The third-order valence-electron chi connectivity index (χ3n) is 3.59. The van der Waals surface area contributed by atoms with Gasteiger partial charge in [-0.3, -0.25) is 9.78 Å². The molecule has 2 aromatic rings. The minimum Gasteiger partial charge on any atom is -0.443 e. The van der Waals surface area contributed by atoms with Crippen LogP contribution in [0, 0.1) is 0 Å². The monoisotopic (exact) mass is 361 g/mol. The Balaban J connectivity index is 2.02. The summed E-state index contributed by atoms with van der Waals surface area (Å²) in [6.07, 6.45) is 3.90. The topological polar surface area (TPSA) is 113 Å². The molecule has 2 heterocycles. The van der Waals surface area contributed by atoms with E-state index in [0.29, 0.717) is 24.2 Å². The van der Waals surface area contributed by atoms with Gasteiger partial charge in [0.15, 0.2) is 5.82 Å². The van der Waals surface area contributed by atoms with E-state index in [0.717, 1.165) is 11.8 Å². The zero-order valence-corrected chi connectivity index (χ0v) is 15.0. The highest BCUT2D eigenvalue weighted by atomic mass is 32.2. The van der Waals surface area contributed by atoms with E-state index >= 15 is 0 Å². The first kappa shape index (κ1) is 17.4. The molecule has 3 rings (SSSR count). The van der Waals surface area contributed by atoms with Gasteiger partial charge in [0.25, 0.3) is 0 Å². The fourth-order valence-corrected chi connectivity index (χ4v) is 3.27. The standard InChI is InChI=1S/C16H19N5O3S/c1-15(2,3)24-14(23)21-11(10-4-8-18-9-5-10)19-20-13(21)25-16(6-7-16)12(17)22/h4-5,8-9H,6-7H2,1-3H3,(H2,17,22). The third-order valence-corrected chi connectivity index (χ3v) is 5.03. The average Bonchev–Trinajstić information content (AvgIpc) is 3.19. The molecule has 2 aromatic heterocycles. The molecule has 0 saturated heterocycles. The summed E-state index contributed by atoms with van der Waals surface area (Å²) in [5.74, 6) is -0.0823. The van der Waals surface area contributed by atoms with E-state index in [4.69, 9.17) is 10.5 Å². The van der Waals surface area contributed by atoms with Crippen molar-refractivity contribution in [2.45, 2.75) is 49.1 Å². The number of thioether (sulfide) groups is 1. The SMILES string of the molecule is CC(C)(C)OC(=O)n1c(SC2(C(N)=O)CC2)nnc1-c1ccncc1. The molecule has 2 N–H and O–H groups in total. The minimum absolute atomic E-state index is 0.289. The maximum Gasteiger partial charge on any atom is 0.422 e. The van der Waals surface area contributed by atoms with Crippen molar-refractivity contribution in [2.75, 3.05) is 0 Å². The fraction of sp³-hybridized carbons (Fsp3) is 0.438. The predicted octanol–water partition coefficient (Wildman–Crippen LogP) is 2.23. The van der Waals surface area contributed by atoms with Crippen LogP contribution >= 0.6 is 11.8 Å². The lowest BCUT2D eigenvalue weighted by molar-refractivity contribution is -0.118. The van der Waals surface area contributed by atoms with Crippen LogP contribution in [0.2, 0.25) is 0 Å². The molecule has 9 heteroatoms. The minimum atomic E-state index is -0.720. The van der Waals surface area contributed by atoms with Gasteiger partial charge in [-0.05, 0) is 45.7 Å². The summed E-state index contributed by atoms with van der Waals surface area (Å²) in [5, 5.41) is 8.51. The van der Waals surface area contributed by atoms with Crippen molar-refractivity contribution in [3.63, 3.8) is 0 Å². The summed E-state index contributed by atoms with van der Waals surface area (Å²) in [6.45, 7) is 5.33. The van der Waals surface area contributed by atoms with Crippen LogP contribution in [-0.4, -0.2) is 42.1 Å². The number of pyridine rings is 1. The number of hydrogen-bond acceptors (Lipinski definition) is 7. The summed E-state index contributed by atoms with van der Waals surface area (Å²) < 4.78 is 6.05. The highest BCUT2D eigenvalue weighted by molar-refractivity contribution is 8.01. The van der Waals surface area contributed by atoms with Crippen molar-refractivity contribution >= 4 is 23.8 Å². The smallest absolute Gasteiger partial charge is 0.422 e. The molecule has 1 aliphatic rings. The Morgan fingerprint density at radius 1 is 1.24 bits per heavy atom. The first-order chi connectivity index (χ1) is 11.7. The van der Waals surface area contributed by atoms with Crippen LogP contribution in [0.1, 0.15) is 33.6 Å². The van der Waals surface area contributed by atoms with Crippen LogP contribution in [0.4, 0.5) is 4.79 Å². The number of carbonyl (C=O) groups is 2. The van der Waals surface area contributed by atoms with Crippen LogP contribution in [0.3, 0.4) is 0 Å². The van der Waals surface area contributed by atoms with E-state index in [2.05, 4.69) is 15.2 Å². The van der Waals surface area contributed by atoms with E-state index in [1.54, 1.807) is 45.3 Å². The van der Waals surface area contributed by atoms with Crippen LogP contribution in [0.25, 0.3) is 11.4 Å².